The minimum atomic E-state index is -4.90. The van der Waals surface area contributed by atoms with E-state index in [0.29, 0.717) is 18.5 Å². The molecule has 1 aromatic carbocycles. The molecule has 19 heavy (non-hydrogen) atoms. The molecule has 108 valence electrons. The fourth-order valence-electron chi connectivity index (χ4n) is 1.59. The van der Waals surface area contributed by atoms with Crippen molar-refractivity contribution < 1.29 is 22.3 Å². The van der Waals surface area contributed by atoms with E-state index in [1.165, 1.54) is 0 Å². The molecule has 0 spiro atoms. The van der Waals surface area contributed by atoms with E-state index in [1.54, 1.807) is 12.3 Å². The molecule has 1 aromatic rings. The maximum absolute atomic E-state index is 13.7. The lowest BCUT2D eigenvalue weighted by Crippen LogP contribution is -2.18. The molecule has 1 rings (SSSR count). The quantitative estimate of drug-likeness (QED) is 0.494. The number of ether oxygens (including phenoxy) is 1. The summed E-state index contributed by atoms with van der Waals surface area (Å²) >= 11 is 1.04. The molecule has 0 aliphatic heterocycles. The first-order valence-electron chi connectivity index (χ1n) is 5.69. The predicted molar refractivity (Wildman–Crippen MR) is 66.9 cm³/mol. The van der Waals surface area contributed by atoms with Crippen LogP contribution < -0.4 is 10.5 Å². The zero-order chi connectivity index (χ0) is 14.5. The second-order valence-corrected chi connectivity index (χ2v) is 4.75. The Morgan fingerprint density at radius 3 is 2.47 bits per heavy atom. The summed E-state index contributed by atoms with van der Waals surface area (Å²) in [6.45, 7) is 0.516. The van der Waals surface area contributed by atoms with Gasteiger partial charge in [-0.25, -0.2) is 4.39 Å². The summed E-state index contributed by atoms with van der Waals surface area (Å²) in [6, 6.07) is 2.64. The van der Waals surface area contributed by atoms with E-state index in [-0.39, 0.29) is 4.90 Å². The third kappa shape index (κ3) is 5.28. The number of hydrogen-bond donors (Lipinski definition) is 1. The van der Waals surface area contributed by atoms with Crippen molar-refractivity contribution >= 4 is 11.8 Å². The van der Waals surface area contributed by atoms with E-state index in [9.17, 15) is 17.6 Å². The van der Waals surface area contributed by atoms with Gasteiger partial charge in [-0.15, -0.1) is 24.9 Å². The maximum Gasteiger partial charge on any atom is 0.573 e. The standard InChI is InChI=1S/C12H15F4NOS/c1-19-10-7-8(4-2-3-5-17)6-9(11(10)13)18-12(14,15)16/h6-7H,2-5,17H2,1H3. The first-order chi connectivity index (χ1) is 8.87. The van der Waals surface area contributed by atoms with E-state index < -0.39 is 17.9 Å². The van der Waals surface area contributed by atoms with Gasteiger partial charge in [0.2, 0.25) is 0 Å². The Morgan fingerprint density at radius 2 is 1.95 bits per heavy atom. The highest BCUT2D eigenvalue weighted by Gasteiger charge is 2.33. The fraction of sp³-hybridized carbons (Fsp3) is 0.500. The second-order valence-electron chi connectivity index (χ2n) is 3.90. The van der Waals surface area contributed by atoms with E-state index >= 15 is 0 Å². The third-order valence-corrected chi connectivity index (χ3v) is 3.17. The van der Waals surface area contributed by atoms with Crippen molar-refractivity contribution in [3.05, 3.63) is 23.5 Å². The molecule has 0 saturated heterocycles. The van der Waals surface area contributed by atoms with Gasteiger partial charge in [0, 0.05) is 4.90 Å². The summed E-state index contributed by atoms with van der Waals surface area (Å²) in [4.78, 5) is 0.143. The Kier molecular flexibility index (Phi) is 5.93. The number of nitrogens with two attached hydrogens (primary N) is 1. The van der Waals surface area contributed by atoms with Gasteiger partial charge in [0.1, 0.15) is 0 Å². The molecule has 2 N–H and O–H groups in total. The van der Waals surface area contributed by atoms with Gasteiger partial charge in [-0.05, 0) is 49.8 Å². The Hall–Kier alpha value is -0.950. The van der Waals surface area contributed by atoms with Gasteiger partial charge >= 0.3 is 6.36 Å². The number of benzene rings is 1. The van der Waals surface area contributed by atoms with Gasteiger partial charge in [0.25, 0.3) is 0 Å². The van der Waals surface area contributed by atoms with Crippen LogP contribution in [0.2, 0.25) is 0 Å². The number of unbranched alkanes of at least 4 members (excludes halogenated alkanes) is 1. The normalized spacial score (nSPS) is 11.7. The molecule has 0 fully saturated rings. The third-order valence-electron chi connectivity index (χ3n) is 2.43. The van der Waals surface area contributed by atoms with E-state index in [2.05, 4.69) is 4.74 Å². The second kappa shape index (κ2) is 7.00. The molecular formula is C12H15F4NOS. The van der Waals surface area contributed by atoms with Crippen LogP contribution in [0.4, 0.5) is 17.6 Å². The number of hydrogen-bond acceptors (Lipinski definition) is 3. The summed E-state index contributed by atoms with van der Waals surface area (Å²) < 4.78 is 54.0. The SMILES string of the molecule is CSc1cc(CCCCN)cc(OC(F)(F)F)c1F. The number of alkyl halides is 3. The molecule has 0 unspecified atom stereocenters. The number of aryl methyl sites for hydroxylation is 1. The summed E-state index contributed by atoms with van der Waals surface area (Å²) in [5, 5.41) is 0. The average Bonchev–Trinajstić information content (AvgIpc) is 2.31. The first-order valence-corrected chi connectivity index (χ1v) is 6.92. The average molecular weight is 297 g/mol. The van der Waals surface area contributed by atoms with Crippen LogP contribution in [0.15, 0.2) is 17.0 Å². The van der Waals surface area contributed by atoms with Crippen LogP contribution in [0.1, 0.15) is 18.4 Å². The molecule has 0 aliphatic rings. The molecular weight excluding hydrogens is 282 g/mol. The van der Waals surface area contributed by atoms with Crippen LogP contribution in [-0.2, 0) is 6.42 Å². The van der Waals surface area contributed by atoms with Crippen molar-refractivity contribution in [3.63, 3.8) is 0 Å². The molecule has 0 atom stereocenters. The number of rotatable bonds is 6. The molecule has 0 amide bonds. The van der Waals surface area contributed by atoms with Crippen molar-refractivity contribution in [2.75, 3.05) is 12.8 Å². The minimum absolute atomic E-state index is 0.143. The van der Waals surface area contributed by atoms with Crippen molar-refractivity contribution in [1.82, 2.24) is 0 Å². The summed E-state index contributed by atoms with van der Waals surface area (Å²) in [5.41, 5.74) is 5.96. The van der Waals surface area contributed by atoms with Gasteiger partial charge in [-0.3, -0.25) is 0 Å². The van der Waals surface area contributed by atoms with Gasteiger partial charge in [0.05, 0.1) is 0 Å². The van der Waals surface area contributed by atoms with Crippen LogP contribution in [0.3, 0.4) is 0 Å². The summed E-state index contributed by atoms with van der Waals surface area (Å²) in [7, 11) is 0. The summed E-state index contributed by atoms with van der Waals surface area (Å²) in [6.07, 6.45) is -1.26. The zero-order valence-electron chi connectivity index (χ0n) is 10.4. The fourth-order valence-corrected chi connectivity index (χ4v) is 2.14. The molecule has 0 heterocycles. The van der Waals surface area contributed by atoms with Gasteiger partial charge in [-0.2, -0.15) is 0 Å². The van der Waals surface area contributed by atoms with Gasteiger partial charge < -0.3 is 10.5 Å². The van der Waals surface area contributed by atoms with Crippen molar-refractivity contribution in [1.29, 1.82) is 0 Å². The number of thioether (sulfide) groups is 1. The molecule has 2 nitrogen and oxygen atoms in total. The lowest BCUT2D eigenvalue weighted by atomic mass is 10.1. The minimum Gasteiger partial charge on any atom is -0.403 e. The molecule has 0 aromatic heterocycles. The monoisotopic (exact) mass is 297 g/mol. The highest BCUT2D eigenvalue weighted by molar-refractivity contribution is 7.98. The number of halogens is 4. The van der Waals surface area contributed by atoms with Crippen molar-refractivity contribution in [2.24, 2.45) is 5.73 Å². The first kappa shape index (κ1) is 16.1. The lowest BCUT2D eigenvalue weighted by molar-refractivity contribution is -0.275. The largest absolute Gasteiger partial charge is 0.573 e. The molecule has 0 bridgehead atoms. The van der Waals surface area contributed by atoms with E-state index in [0.717, 1.165) is 30.7 Å². The Morgan fingerprint density at radius 1 is 1.26 bits per heavy atom. The van der Waals surface area contributed by atoms with Crippen LogP contribution in [-0.4, -0.2) is 19.2 Å². The van der Waals surface area contributed by atoms with Gasteiger partial charge in [-0.1, -0.05) is 0 Å². The molecule has 0 aliphatic carbocycles. The van der Waals surface area contributed by atoms with Crippen LogP contribution in [0.25, 0.3) is 0 Å². The Labute approximate surface area is 113 Å². The molecule has 0 saturated carbocycles. The van der Waals surface area contributed by atoms with Crippen LogP contribution >= 0.6 is 11.8 Å². The van der Waals surface area contributed by atoms with E-state index in [1.807, 2.05) is 0 Å². The Bertz CT molecular complexity index is 423. The van der Waals surface area contributed by atoms with Crippen molar-refractivity contribution in [3.8, 4) is 5.75 Å². The molecule has 7 heteroatoms. The topological polar surface area (TPSA) is 35.2 Å². The van der Waals surface area contributed by atoms with Crippen LogP contribution in [0, 0.1) is 5.82 Å². The maximum atomic E-state index is 13.7. The van der Waals surface area contributed by atoms with Crippen molar-refractivity contribution in [2.45, 2.75) is 30.5 Å². The smallest absolute Gasteiger partial charge is 0.403 e. The van der Waals surface area contributed by atoms with Gasteiger partial charge in [0.15, 0.2) is 11.6 Å². The lowest BCUT2D eigenvalue weighted by Gasteiger charge is -2.13. The highest BCUT2D eigenvalue weighted by atomic mass is 32.2. The van der Waals surface area contributed by atoms with Crippen LogP contribution in [0.5, 0.6) is 5.75 Å². The predicted octanol–water partition coefficient (Wildman–Crippen LogP) is 3.73. The Balaban J connectivity index is 2.97. The zero-order valence-corrected chi connectivity index (χ0v) is 11.2. The molecule has 0 radical (unpaired) electrons. The highest BCUT2D eigenvalue weighted by Crippen LogP contribution is 2.33. The summed E-state index contributed by atoms with van der Waals surface area (Å²) in [5.74, 6) is -1.76. The van der Waals surface area contributed by atoms with E-state index in [4.69, 9.17) is 5.73 Å².